The molecule has 0 saturated heterocycles. The molecular formula is C13H13NO3. The van der Waals surface area contributed by atoms with Crippen molar-refractivity contribution in [3.05, 3.63) is 58.1 Å². The fourth-order valence-electron chi connectivity index (χ4n) is 1.88. The summed E-state index contributed by atoms with van der Waals surface area (Å²) >= 11 is 0. The summed E-state index contributed by atoms with van der Waals surface area (Å²) < 4.78 is 0. The smallest absolute Gasteiger partial charge is 0.239 e. The van der Waals surface area contributed by atoms with Gasteiger partial charge in [0.25, 0.3) is 0 Å². The van der Waals surface area contributed by atoms with Crippen molar-refractivity contribution < 1.29 is 10.0 Å². The monoisotopic (exact) mass is 231 g/mol. The van der Waals surface area contributed by atoms with Crippen LogP contribution in [0.1, 0.15) is 18.6 Å². The molecule has 0 aliphatic rings. The summed E-state index contributed by atoms with van der Waals surface area (Å²) in [6.07, 6.45) is -1.09. The van der Waals surface area contributed by atoms with Gasteiger partial charge in [-0.3, -0.25) is 10.1 Å². The quantitative estimate of drug-likeness (QED) is 0.652. The standard InChI is InChI=1S/C13H13NO3/c1-9(14(16)17)13(15)12-8-4-6-10-5-2-3-7-11(10)12/h2-9,13,15H,1H3/t9-,13-/m0/s1. The number of aliphatic hydroxyl groups excluding tert-OH is 1. The molecule has 2 aromatic carbocycles. The molecule has 0 spiro atoms. The second-order valence-electron chi connectivity index (χ2n) is 4.04. The van der Waals surface area contributed by atoms with Gasteiger partial charge in [0.2, 0.25) is 6.04 Å². The van der Waals surface area contributed by atoms with Crippen LogP contribution >= 0.6 is 0 Å². The fourth-order valence-corrected chi connectivity index (χ4v) is 1.88. The molecule has 0 aromatic heterocycles. The first-order valence-electron chi connectivity index (χ1n) is 5.40. The average molecular weight is 231 g/mol. The zero-order valence-electron chi connectivity index (χ0n) is 9.41. The maximum atomic E-state index is 10.7. The number of fused-ring (bicyclic) bond motifs is 1. The highest BCUT2D eigenvalue weighted by Crippen LogP contribution is 2.26. The molecule has 2 aromatic rings. The molecule has 0 radical (unpaired) electrons. The van der Waals surface area contributed by atoms with Gasteiger partial charge < -0.3 is 5.11 Å². The predicted octanol–water partition coefficient (Wildman–Crippen LogP) is 2.54. The van der Waals surface area contributed by atoms with Crippen LogP contribution in [0.5, 0.6) is 0 Å². The highest BCUT2D eigenvalue weighted by molar-refractivity contribution is 5.86. The minimum absolute atomic E-state index is 0.466. The SMILES string of the molecule is C[C@@H]([C@H](O)c1cccc2ccccc12)[N+](=O)[O-]. The van der Waals surface area contributed by atoms with Gasteiger partial charge in [0.05, 0.1) is 0 Å². The van der Waals surface area contributed by atoms with Crippen molar-refractivity contribution in [3.63, 3.8) is 0 Å². The number of hydrogen-bond acceptors (Lipinski definition) is 3. The molecule has 4 heteroatoms. The van der Waals surface area contributed by atoms with Crippen molar-refractivity contribution in [1.29, 1.82) is 0 Å². The number of hydrogen-bond donors (Lipinski definition) is 1. The second-order valence-corrected chi connectivity index (χ2v) is 4.04. The third-order valence-corrected chi connectivity index (χ3v) is 2.93. The van der Waals surface area contributed by atoms with Gasteiger partial charge in [-0.15, -0.1) is 0 Å². The van der Waals surface area contributed by atoms with Gasteiger partial charge in [0.15, 0.2) is 0 Å². The van der Waals surface area contributed by atoms with E-state index in [0.717, 1.165) is 10.8 Å². The summed E-state index contributed by atoms with van der Waals surface area (Å²) in [6, 6.07) is 12.0. The maximum absolute atomic E-state index is 10.7. The third-order valence-electron chi connectivity index (χ3n) is 2.93. The van der Waals surface area contributed by atoms with E-state index < -0.39 is 17.1 Å². The number of nitrogens with zero attached hydrogens (tertiary/aromatic N) is 1. The third kappa shape index (κ3) is 2.12. The lowest BCUT2D eigenvalue weighted by molar-refractivity contribution is -0.531. The van der Waals surface area contributed by atoms with E-state index >= 15 is 0 Å². The van der Waals surface area contributed by atoms with Crippen LogP contribution in [0.4, 0.5) is 0 Å². The highest BCUT2D eigenvalue weighted by Gasteiger charge is 2.26. The molecule has 2 rings (SSSR count). The molecule has 0 unspecified atom stereocenters. The molecule has 4 nitrogen and oxygen atoms in total. The summed E-state index contributed by atoms with van der Waals surface area (Å²) in [5, 5.41) is 22.5. The highest BCUT2D eigenvalue weighted by atomic mass is 16.6. The first-order valence-corrected chi connectivity index (χ1v) is 5.40. The summed E-state index contributed by atoms with van der Waals surface area (Å²) in [4.78, 5) is 10.2. The molecule has 17 heavy (non-hydrogen) atoms. The Labute approximate surface area is 98.7 Å². The lowest BCUT2D eigenvalue weighted by Crippen LogP contribution is -2.24. The first-order chi connectivity index (χ1) is 8.11. The minimum Gasteiger partial charge on any atom is -0.381 e. The summed E-state index contributed by atoms with van der Waals surface area (Å²) in [6.45, 7) is 1.41. The van der Waals surface area contributed by atoms with Crippen LogP contribution in [0.3, 0.4) is 0 Å². The Balaban J connectivity index is 2.52. The number of rotatable bonds is 3. The lowest BCUT2D eigenvalue weighted by Gasteiger charge is -2.14. The predicted molar refractivity (Wildman–Crippen MR) is 65.4 cm³/mol. The van der Waals surface area contributed by atoms with Crippen molar-refractivity contribution in [2.24, 2.45) is 0 Å². The first kappa shape index (κ1) is 11.5. The van der Waals surface area contributed by atoms with Gasteiger partial charge in [-0.2, -0.15) is 0 Å². The van der Waals surface area contributed by atoms with Crippen molar-refractivity contribution in [1.82, 2.24) is 0 Å². The average Bonchev–Trinajstić information content (AvgIpc) is 2.36. The molecule has 0 heterocycles. The maximum Gasteiger partial charge on any atom is 0.239 e. The normalized spacial score (nSPS) is 14.5. The van der Waals surface area contributed by atoms with Gasteiger partial charge in [0, 0.05) is 11.8 Å². The molecular weight excluding hydrogens is 218 g/mol. The molecule has 0 aliphatic heterocycles. The Morgan fingerprint density at radius 2 is 1.82 bits per heavy atom. The van der Waals surface area contributed by atoms with Gasteiger partial charge in [-0.1, -0.05) is 42.5 Å². The molecule has 0 saturated carbocycles. The van der Waals surface area contributed by atoms with Crippen LogP contribution in [0.2, 0.25) is 0 Å². The molecule has 1 N–H and O–H groups in total. The van der Waals surface area contributed by atoms with E-state index in [0.29, 0.717) is 5.56 Å². The number of aliphatic hydroxyl groups is 1. The van der Waals surface area contributed by atoms with Crippen LogP contribution in [0.15, 0.2) is 42.5 Å². The Hall–Kier alpha value is -1.94. The topological polar surface area (TPSA) is 63.4 Å². The van der Waals surface area contributed by atoms with E-state index in [1.807, 2.05) is 30.3 Å². The van der Waals surface area contributed by atoms with E-state index in [1.165, 1.54) is 6.92 Å². The number of nitro groups is 1. The summed E-state index contributed by atoms with van der Waals surface area (Å²) in [5.41, 5.74) is 0.604. The van der Waals surface area contributed by atoms with E-state index in [4.69, 9.17) is 0 Å². The lowest BCUT2D eigenvalue weighted by atomic mass is 9.97. The van der Waals surface area contributed by atoms with Crippen LogP contribution in [0, 0.1) is 10.1 Å². The van der Waals surface area contributed by atoms with E-state index in [1.54, 1.807) is 12.1 Å². The zero-order chi connectivity index (χ0) is 12.4. The largest absolute Gasteiger partial charge is 0.381 e. The number of benzene rings is 2. The van der Waals surface area contributed by atoms with Crippen LogP contribution in [-0.2, 0) is 0 Å². The fraction of sp³-hybridized carbons (Fsp3) is 0.231. The Bertz CT molecular complexity index is 548. The van der Waals surface area contributed by atoms with E-state index in [-0.39, 0.29) is 0 Å². The Kier molecular flexibility index (Phi) is 3.06. The molecule has 0 fully saturated rings. The van der Waals surface area contributed by atoms with Gasteiger partial charge >= 0.3 is 0 Å². The molecule has 88 valence electrons. The molecule has 0 amide bonds. The Morgan fingerprint density at radius 1 is 1.18 bits per heavy atom. The van der Waals surface area contributed by atoms with E-state index in [2.05, 4.69) is 0 Å². The van der Waals surface area contributed by atoms with Crippen molar-refractivity contribution in [3.8, 4) is 0 Å². The Morgan fingerprint density at radius 3 is 2.53 bits per heavy atom. The van der Waals surface area contributed by atoms with Crippen LogP contribution in [0.25, 0.3) is 10.8 Å². The molecule has 2 atom stereocenters. The van der Waals surface area contributed by atoms with E-state index in [9.17, 15) is 15.2 Å². The minimum atomic E-state index is -1.09. The van der Waals surface area contributed by atoms with Crippen LogP contribution in [-0.4, -0.2) is 16.1 Å². The second kappa shape index (κ2) is 4.51. The molecule has 0 bridgehead atoms. The summed E-state index contributed by atoms with van der Waals surface area (Å²) in [5.74, 6) is 0. The van der Waals surface area contributed by atoms with Gasteiger partial charge in [0.1, 0.15) is 6.10 Å². The van der Waals surface area contributed by atoms with Crippen molar-refractivity contribution in [2.75, 3.05) is 0 Å². The van der Waals surface area contributed by atoms with Crippen LogP contribution < -0.4 is 0 Å². The van der Waals surface area contributed by atoms with Gasteiger partial charge in [-0.05, 0) is 16.3 Å². The zero-order valence-corrected chi connectivity index (χ0v) is 9.41. The van der Waals surface area contributed by atoms with Gasteiger partial charge in [-0.25, -0.2) is 0 Å². The van der Waals surface area contributed by atoms with Crippen molar-refractivity contribution in [2.45, 2.75) is 19.1 Å². The van der Waals surface area contributed by atoms with Crippen molar-refractivity contribution >= 4 is 10.8 Å². The summed E-state index contributed by atoms with van der Waals surface area (Å²) in [7, 11) is 0. The molecule has 0 aliphatic carbocycles.